The van der Waals surface area contributed by atoms with Crippen molar-refractivity contribution in [3.8, 4) is 0 Å². The van der Waals surface area contributed by atoms with Gasteiger partial charge in [-0.1, -0.05) is 15.9 Å². The van der Waals surface area contributed by atoms with Crippen LogP contribution in [0.25, 0.3) is 0 Å². The molecule has 0 aliphatic rings. The lowest BCUT2D eigenvalue weighted by Crippen LogP contribution is -2.16. The van der Waals surface area contributed by atoms with Crippen molar-refractivity contribution in [1.29, 1.82) is 0 Å². The molecule has 17 heavy (non-hydrogen) atoms. The van der Waals surface area contributed by atoms with Crippen LogP contribution in [-0.2, 0) is 0 Å². The third-order valence-electron chi connectivity index (χ3n) is 2.05. The third kappa shape index (κ3) is 6.24. The Balaban J connectivity index is 0.00000256. The largest absolute Gasteiger partial charge is 0.389 e. The average molecular weight is 337 g/mol. The summed E-state index contributed by atoms with van der Waals surface area (Å²) in [4.78, 5) is 0. The molecular formula is C10H11BrClF4N. The van der Waals surface area contributed by atoms with Crippen LogP contribution in [0.5, 0.6) is 0 Å². The summed E-state index contributed by atoms with van der Waals surface area (Å²) in [5, 5.41) is 0. The van der Waals surface area contributed by atoms with Gasteiger partial charge in [0.25, 0.3) is 0 Å². The van der Waals surface area contributed by atoms with Gasteiger partial charge in [-0.25, -0.2) is 4.39 Å². The normalized spacial score (nSPS) is 13.1. The summed E-state index contributed by atoms with van der Waals surface area (Å²) in [5.41, 5.74) is 5.91. The SMILES string of the molecule is Cl.N[C@H](CCC(F)(F)F)c1cc(F)cc(Br)c1. The van der Waals surface area contributed by atoms with Gasteiger partial charge in [-0.2, -0.15) is 13.2 Å². The minimum atomic E-state index is -4.23. The van der Waals surface area contributed by atoms with E-state index < -0.39 is 24.5 Å². The van der Waals surface area contributed by atoms with Crippen molar-refractivity contribution in [2.45, 2.75) is 25.1 Å². The highest BCUT2D eigenvalue weighted by molar-refractivity contribution is 9.10. The number of nitrogens with two attached hydrogens (primary N) is 1. The topological polar surface area (TPSA) is 26.0 Å². The van der Waals surface area contributed by atoms with E-state index in [1.807, 2.05) is 0 Å². The van der Waals surface area contributed by atoms with Crippen LogP contribution < -0.4 is 5.73 Å². The lowest BCUT2D eigenvalue weighted by Gasteiger charge is -2.14. The van der Waals surface area contributed by atoms with Crippen molar-refractivity contribution >= 4 is 28.3 Å². The zero-order chi connectivity index (χ0) is 12.3. The van der Waals surface area contributed by atoms with E-state index in [2.05, 4.69) is 15.9 Å². The predicted octanol–water partition coefficient (Wildman–Crippen LogP) is 4.35. The van der Waals surface area contributed by atoms with Gasteiger partial charge < -0.3 is 5.73 Å². The Labute approximate surface area is 111 Å². The van der Waals surface area contributed by atoms with Crippen molar-refractivity contribution in [3.05, 3.63) is 34.1 Å². The van der Waals surface area contributed by atoms with Crippen LogP contribution in [0.15, 0.2) is 22.7 Å². The first kappa shape index (κ1) is 16.7. The number of hydrogen-bond donors (Lipinski definition) is 1. The maximum absolute atomic E-state index is 13.0. The quantitative estimate of drug-likeness (QED) is 0.816. The number of hydrogen-bond acceptors (Lipinski definition) is 1. The minimum absolute atomic E-state index is 0. The molecule has 0 saturated carbocycles. The van der Waals surface area contributed by atoms with E-state index in [-0.39, 0.29) is 18.8 Å². The minimum Gasteiger partial charge on any atom is -0.324 e. The standard InChI is InChI=1S/C10H10BrF4N.ClH/c11-7-3-6(4-8(12)5-7)9(16)1-2-10(13,14)15;/h3-5,9H,1-2,16H2;1H/t9-;/m1./s1. The molecule has 1 aromatic carbocycles. The van der Waals surface area contributed by atoms with Crippen LogP contribution in [0, 0.1) is 5.82 Å². The molecule has 0 spiro atoms. The first-order valence-corrected chi connectivity index (χ1v) is 5.35. The molecule has 2 N–H and O–H groups in total. The van der Waals surface area contributed by atoms with Crippen molar-refractivity contribution in [2.75, 3.05) is 0 Å². The molecule has 0 aliphatic carbocycles. The Kier molecular flexibility index (Phi) is 6.43. The second-order valence-corrected chi connectivity index (χ2v) is 4.38. The Hall–Kier alpha value is -0.330. The van der Waals surface area contributed by atoms with Crippen LogP contribution in [-0.4, -0.2) is 6.18 Å². The molecule has 0 aliphatic heterocycles. The Morgan fingerprint density at radius 3 is 2.29 bits per heavy atom. The predicted molar refractivity (Wildman–Crippen MR) is 63.6 cm³/mol. The Morgan fingerprint density at radius 1 is 1.24 bits per heavy atom. The Bertz CT molecular complexity index is 350. The molecule has 1 atom stereocenters. The van der Waals surface area contributed by atoms with E-state index >= 15 is 0 Å². The van der Waals surface area contributed by atoms with Crippen LogP contribution in [0.2, 0.25) is 0 Å². The number of rotatable bonds is 3. The van der Waals surface area contributed by atoms with E-state index in [0.29, 0.717) is 10.0 Å². The highest BCUT2D eigenvalue weighted by Crippen LogP contribution is 2.27. The van der Waals surface area contributed by atoms with Gasteiger partial charge in [-0.15, -0.1) is 12.4 Å². The maximum atomic E-state index is 13.0. The van der Waals surface area contributed by atoms with E-state index in [9.17, 15) is 17.6 Å². The van der Waals surface area contributed by atoms with Crippen molar-refractivity contribution in [3.63, 3.8) is 0 Å². The molecule has 1 aromatic rings. The number of benzene rings is 1. The smallest absolute Gasteiger partial charge is 0.324 e. The Morgan fingerprint density at radius 2 is 1.82 bits per heavy atom. The van der Waals surface area contributed by atoms with Crippen LogP contribution >= 0.6 is 28.3 Å². The second kappa shape index (κ2) is 6.56. The first-order valence-electron chi connectivity index (χ1n) is 4.56. The molecule has 7 heteroatoms. The van der Waals surface area contributed by atoms with Gasteiger partial charge in [0.2, 0.25) is 0 Å². The lowest BCUT2D eigenvalue weighted by molar-refractivity contribution is -0.136. The lowest BCUT2D eigenvalue weighted by atomic mass is 10.0. The molecule has 0 amide bonds. The fourth-order valence-corrected chi connectivity index (χ4v) is 1.76. The van der Waals surface area contributed by atoms with Gasteiger partial charge in [0.15, 0.2) is 0 Å². The van der Waals surface area contributed by atoms with E-state index in [1.54, 1.807) is 0 Å². The molecule has 0 heterocycles. The van der Waals surface area contributed by atoms with E-state index in [4.69, 9.17) is 5.73 Å². The molecule has 1 nitrogen and oxygen atoms in total. The summed E-state index contributed by atoms with van der Waals surface area (Å²) < 4.78 is 49.3. The summed E-state index contributed by atoms with van der Waals surface area (Å²) in [5.74, 6) is -0.521. The second-order valence-electron chi connectivity index (χ2n) is 3.46. The monoisotopic (exact) mass is 335 g/mol. The van der Waals surface area contributed by atoms with Gasteiger partial charge in [0.05, 0.1) is 0 Å². The summed E-state index contributed by atoms with van der Waals surface area (Å²) >= 11 is 3.05. The van der Waals surface area contributed by atoms with E-state index in [0.717, 1.165) is 6.07 Å². The number of halogens is 6. The highest BCUT2D eigenvalue weighted by atomic mass is 79.9. The summed E-state index contributed by atoms with van der Waals surface area (Å²) in [6, 6.07) is 3.07. The van der Waals surface area contributed by atoms with Gasteiger partial charge in [0, 0.05) is 16.9 Å². The molecule has 0 saturated heterocycles. The summed E-state index contributed by atoms with van der Waals surface area (Å²) in [6.07, 6.45) is -5.45. The molecule has 0 fully saturated rings. The average Bonchev–Trinajstić information content (AvgIpc) is 2.11. The number of alkyl halides is 3. The van der Waals surface area contributed by atoms with Gasteiger partial charge in [0.1, 0.15) is 5.82 Å². The van der Waals surface area contributed by atoms with Crippen molar-refractivity contribution < 1.29 is 17.6 Å². The van der Waals surface area contributed by atoms with Crippen LogP contribution in [0.1, 0.15) is 24.4 Å². The molecular weight excluding hydrogens is 325 g/mol. The van der Waals surface area contributed by atoms with Crippen molar-refractivity contribution in [1.82, 2.24) is 0 Å². The first-order chi connectivity index (χ1) is 7.28. The van der Waals surface area contributed by atoms with Gasteiger partial charge >= 0.3 is 6.18 Å². The molecule has 0 aromatic heterocycles. The summed E-state index contributed by atoms with van der Waals surface area (Å²) in [7, 11) is 0. The molecule has 0 unspecified atom stereocenters. The van der Waals surface area contributed by atoms with Gasteiger partial charge in [-0.3, -0.25) is 0 Å². The molecule has 0 bridgehead atoms. The fourth-order valence-electron chi connectivity index (χ4n) is 1.28. The van der Waals surface area contributed by atoms with Crippen LogP contribution in [0.3, 0.4) is 0 Å². The molecule has 98 valence electrons. The fraction of sp³-hybridized carbons (Fsp3) is 0.400. The summed E-state index contributed by atoms with van der Waals surface area (Å²) in [6.45, 7) is 0. The van der Waals surface area contributed by atoms with E-state index in [1.165, 1.54) is 12.1 Å². The van der Waals surface area contributed by atoms with Crippen LogP contribution in [0.4, 0.5) is 17.6 Å². The molecule has 1 rings (SSSR count). The highest BCUT2D eigenvalue weighted by Gasteiger charge is 2.27. The molecule has 0 radical (unpaired) electrons. The zero-order valence-corrected chi connectivity index (χ0v) is 11.0. The maximum Gasteiger partial charge on any atom is 0.389 e. The zero-order valence-electron chi connectivity index (χ0n) is 8.60. The third-order valence-corrected chi connectivity index (χ3v) is 2.51. The van der Waals surface area contributed by atoms with Crippen molar-refractivity contribution in [2.24, 2.45) is 5.73 Å². The van der Waals surface area contributed by atoms with Gasteiger partial charge in [-0.05, 0) is 30.2 Å².